The third kappa shape index (κ3) is 3.83. The molecule has 2 rings (SSSR count). The van der Waals surface area contributed by atoms with Crippen LogP contribution in [-0.2, 0) is 4.79 Å². The third-order valence-electron chi connectivity index (χ3n) is 2.16. The summed E-state index contributed by atoms with van der Waals surface area (Å²) in [6.45, 7) is 1.88. The van der Waals surface area contributed by atoms with Crippen LogP contribution in [0.1, 0.15) is 6.92 Å². The molecule has 1 amide bonds. The van der Waals surface area contributed by atoms with E-state index in [9.17, 15) is 4.79 Å². The summed E-state index contributed by atoms with van der Waals surface area (Å²) in [4.78, 5) is 17.0. The Bertz CT molecular complexity index is 513. The van der Waals surface area contributed by atoms with Gasteiger partial charge in [0.15, 0.2) is 5.13 Å². The number of anilines is 1. The second-order valence-corrected chi connectivity index (χ2v) is 6.76. The van der Waals surface area contributed by atoms with E-state index in [-0.39, 0.29) is 11.2 Å². The molecular formula is C12H11BrN2OS2. The molecular weight excluding hydrogens is 332 g/mol. The summed E-state index contributed by atoms with van der Waals surface area (Å²) in [5, 5.41) is 5.11. The van der Waals surface area contributed by atoms with Gasteiger partial charge in [-0.15, -0.1) is 23.1 Å². The highest BCUT2D eigenvalue weighted by Gasteiger charge is 2.15. The van der Waals surface area contributed by atoms with E-state index in [1.807, 2.05) is 36.6 Å². The Kier molecular flexibility index (Phi) is 4.79. The number of aromatic nitrogens is 1. The SMILES string of the molecule is CC(Sc1ccc(Br)cc1)C(=O)Nc1nccs1. The monoisotopic (exact) mass is 342 g/mol. The Morgan fingerprint density at radius 1 is 1.44 bits per heavy atom. The van der Waals surface area contributed by atoms with E-state index in [0.29, 0.717) is 5.13 Å². The summed E-state index contributed by atoms with van der Waals surface area (Å²) < 4.78 is 1.03. The lowest BCUT2D eigenvalue weighted by Crippen LogP contribution is -2.22. The topological polar surface area (TPSA) is 42.0 Å². The first-order valence-electron chi connectivity index (χ1n) is 5.28. The molecule has 0 spiro atoms. The van der Waals surface area contributed by atoms with Crippen molar-refractivity contribution in [1.29, 1.82) is 0 Å². The van der Waals surface area contributed by atoms with Crippen LogP contribution in [0, 0.1) is 0 Å². The molecule has 1 aromatic heterocycles. The zero-order valence-corrected chi connectivity index (χ0v) is 12.8. The van der Waals surface area contributed by atoms with Gasteiger partial charge in [0.25, 0.3) is 0 Å². The predicted octanol–water partition coefficient (Wildman–Crippen LogP) is 4.02. The standard InChI is InChI=1S/C12H11BrN2OS2/c1-8(11(16)15-12-14-6-7-17-12)18-10-4-2-9(13)3-5-10/h2-8H,1H3,(H,14,15,16). The Morgan fingerprint density at radius 3 is 2.78 bits per heavy atom. The Hall–Kier alpha value is -0.850. The van der Waals surface area contributed by atoms with Gasteiger partial charge in [-0.25, -0.2) is 4.98 Å². The van der Waals surface area contributed by atoms with Crippen LogP contribution in [-0.4, -0.2) is 16.1 Å². The first-order valence-corrected chi connectivity index (χ1v) is 7.83. The normalized spacial score (nSPS) is 12.1. The number of carbonyl (C=O) groups excluding carboxylic acids is 1. The van der Waals surface area contributed by atoms with Crippen molar-refractivity contribution >= 4 is 50.1 Å². The van der Waals surface area contributed by atoms with Crippen molar-refractivity contribution in [1.82, 2.24) is 4.98 Å². The minimum absolute atomic E-state index is 0.0298. The van der Waals surface area contributed by atoms with Crippen molar-refractivity contribution in [2.45, 2.75) is 17.1 Å². The number of amides is 1. The summed E-state index contributed by atoms with van der Waals surface area (Å²) in [5.74, 6) is -0.0298. The number of nitrogens with zero attached hydrogens (tertiary/aromatic N) is 1. The number of nitrogens with one attached hydrogen (secondary N) is 1. The molecule has 0 radical (unpaired) electrons. The van der Waals surface area contributed by atoms with Gasteiger partial charge in [0.05, 0.1) is 5.25 Å². The zero-order chi connectivity index (χ0) is 13.0. The number of carbonyl (C=O) groups is 1. The molecule has 2 aromatic rings. The van der Waals surface area contributed by atoms with Crippen molar-refractivity contribution in [3.05, 3.63) is 40.3 Å². The van der Waals surface area contributed by atoms with Gasteiger partial charge in [-0.05, 0) is 31.2 Å². The molecule has 0 saturated heterocycles. The van der Waals surface area contributed by atoms with E-state index in [2.05, 4.69) is 26.2 Å². The quantitative estimate of drug-likeness (QED) is 0.853. The number of hydrogen-bond donors (Lipinski definition) is 1. The van der Waals surface area contributed by atoms with Crippen LogP contribution < -0.4 is 5.32 Å². The van der Waals surface area contributed by atoms with Crippen LogP contribution in [0.4, 0.5) is 5.13 Å². The summed E-state index contributed by atoms with van der Waals surface area (Å²) >= 11 is 6.33. The Balaban J connectivity index is 1.93. The minimum atomic E-state index is -0.157. The summed E-state index contributed by atoms with van der Waals surface area (Å²) in [6, 6.07) is 7.91. The van der Waals surface area contributed by atoms with Crippen molar-refractivity contribution in [2.75, 3.05) is 5.32 Å². The summed E-state index contributed by atoms with van der Waals surface area (Å²) in [6.07, 6.45) is 1.67. The fourth-order valence-corrected chi connectivity index (χ4v) is 2.93. The maximum atomic E-state index is 11.9. The molecule has 94 valence electrons. The molecule has 1 aromatic carbocycles. The van der Waals surface area contributed by atoms with Gasteiger partial charge in [0.2, 0.25) is 5.91 Å². The lowest BCUT2D eigenvalue weighted by atomic mass is 10.4. The minimum Gasteiger partial charge on any atom is -0.301 e. The van der Waals surface area contributed by atoms with Crippen LogP contribution >= 0.6 is 39.0 Å². The molecule has 0 saturated carbocycles. The maximum Gasteiger partial charge on any atom is 0.239 e. The molecule has 3 nitrogen and oxygen atoms in total. The van der Waals surface area contributed by atoms with Gasteiger partial charge in [-0.3, -0.25) is 4.79 Å². The molecule has 1 unspecified atom stereocenters. The van der Waals surface area contributed by atoms with Gasteiger partial charge < -0.3 is 5.32 Å². The average Bonchev–Trinajstić information content (AvgIpc) is 2.85. The van der Waals surface area contributed by atoms with Gasteiger partial charge >= 0.3 is 0 Å². The van der Waals surface area contributed by atoms with E-state index in [1.165, 1.54) is 23.1 Å². The number of rotatable bonds is 4. The molecule has 0 bridgehead atoms. The second kappa shape index (κ2) is 6.36. The van der Waals surface area contributed by atoms with E-state index in [0.717, 1.165) is 9.37 Å². The van der Waals surface area contributed by atoms with E-state index >= 15 is 0 Å². The summed E-state index contributed by atoms with van der Waals surface area (Å²) in [7, 11) is 0. The highest BCUT2D eigenvalue weighted by Crippen LogP contribution is 2.25. The molecule has 1 N–H and O–H groups in total. The molecule has 1 atom stereocenters. The fourth-order valence-electron chi connectivity index (χ4n) is 1.26. The maximum absolute atomic E-state index is 11.9. The lowest BCUT2D eigenvalue weighted by molar-refractivity contribution is -0.115. The molecule has 6 heteroatoms. The summed E-state index contributed by atoms with van der Waals surface area (Å²) in [5.41, 5.74) is 0. The second-order valence-electron chi connectivity index (χ2n) is 3.54. The molecule has 0 fully saturated rings. The van der Waals surface area contributed by atoms with Crippen molar-refractivity contribution in [3.8, 4) is 0 Å². The lowest BCUT2D eigenvalue weighted by Gasteiger charge is -2.10. The molecule has 0 aliphatic carbocycles. The number of hydrogen-bond acceptors (Lipinski definition) is 4. The molecule has 0 aliphatic rings. The highest BCUT2D eigenvalue weighted by molar-refractivity contribution is 9.10. The van der Waals surface area contributed by atoms with Gasteiger partial charge in [0.1, 0.15) is 0 Å². The van der Waals surface area contributed by atoms with Crippen LogP contribution in [0.5, 0.6) is 0 Å². The first-order chi connectivity index (χ1) is 8.65. The Morgan fingerprint density at radius 2 is 2.17 bits per heavy atom. The van der Waals surface area contributed by atoms with Crippen LogP contribution in [0.3, 0.4) is 0 Å². The number of thiazole rings is 1. The van der Waals surface area contributed by atoms with Crippen LogP contribution in [0.2, 0.25) is 0 Å². The third-order valence-corrected chi connectivity index (χ3v) is 4.49. The van der Waals surface area contributed by atoms with E-state index < -0.39 is 0 Å². The van der Waals surface area contributed by atoms with Gasteiger partial charge in [-0.2, -0.15) is 0 Å². The molecule has 1 heterocycles. The number of thioether (sulfide) groups is 1. The van der Waals surface area contributed by atoms with Crippen molar-refractivity contribution < 1.29 is 4.79 Å². The van der Waals surface area contributed by atoms with E-state index in [1.54, 1.807) is 6.20 Å². The van der Waals surface area contributed by atoms with Crippen LogP contribution in [0.25, 0.3) is 0 Å². The first kappa shape index (κ1) is 13.6. The molecule has 18 heavy (non-hydrogen) atoms. The smallest absolute Gasteiger partial charge is 0.239 e. The van der Waals surface area contributed by atoms with Crippen molar-refractivity contribution in [3.63, 3.8) is 0 Å². The number of benzene rings is 1. The Labute approximate surface area is 122 Å². The van der Waals surface area contributed by atoms with Crippen LogP contribution in [0.15, 0.2) is 45.2 Å². The van der Waals surface area contributed by atoms with Gasteiger partial charge in [0, 0.05) is 20.9 Å². The largest absolute Gasteiger partial charge is 0.301 e. The average molecular weight is 343 g/mol. The van der Waals surface area contributed by atoms with E-state index in [4.69, 9.17) is 0 Å². The molecule has 0 aliphatic heterocycles. The fraction of sp³-hybridized carbons (Fsp3) is 0.167. The predicted molar refractivity (Wildman–Crippen MR) is 80.2 cm³/mol. The highest BCUT2D eigenvalue weighted by atomic mass is 79.9. The number of halogens is 1. The van der Waals surface area contributed by atoms with Gasteiger partial charge in [-0.1, -0.05) is 15.9 Å². The zero-order valence-electron chi connectivity index (χ0n) is 9.59. The van der Waals surface area contributed by atoms with Crippen molar-refractivity contribution in [2.24, 2.45) is 0 Å².